The third-order valence-corrected chi connectivity index (χ3v) is 6.85. The molecule has 0 bridgehead atoms. The quantitative estimate of drug-likeness (QED) is 0.464. The minimum absolute atomic E-state index is 0.235. The van der Waals surface area contributed by atoms with Gasteiger partial charge in [-0.1, -0.05) is 30.3 Å². The molecule has 0 fully saturated rings. The first-order chi connectivity index (χ1) is 13.4. The summed E-state index contributed by atoms with van der Waals surface area (Å²) in [6.45, 7) is 3.62. The first kappa shape index (κ1) is 21.6. The molecule has 0 saturated carbocycles. The zero-order valence-corrected chi connectivity index (χ0v) is 18.4. The highest BCUT2D eigenvalue weighted by molar-refractivity contribution is 7.86. The summed E-state index contributed by atoms with van der Waals surface area (Å²) in [6.07, 6.45) is 0. The van der Waals surface area contributed by atoms with Crippen molar-refractivity contribution < 1.29 is 25.9 Å². The molecule has 0 heterocycles. The second-order valence-corrected chi connectivity index (χ2v) is 10.1. The van der Waals surface area contributed by atoms with Gasteiger partial charge in [0.25, 0.3) is 20.2 Å². The van der Waals surface area contributed by atoms with Crippen LogP contribution in [-0.2, 0) is 20.2 Å². The molecular formula is C20H19O6PS2. The molecule has 0 aliphatic heterocycles. The molecule has 0 aliphatic carbocycles. The van der Waals surface area contributed by atoms with Crippen LogP contribution in [0.4, 0.5) is 0 Å². The van der Waals surface area contributed by atoms with E-state index in [9.17, 15) is 25.9 Å². The Kier molecular flexibility index (Phi) is 5.69. The lowest BCUT2D eigenvalue weighted by Gasteiger charge is -2.18. The molecule has 2 N–H and O–H groups in total. The van der Waals surface area contributed by atoms with Gasteiger partial charge in [-0.05, 0) is 76.8 Å². The maximum absolute atomic E-state index is 11.6. The minimum Gasteiger partial charge on any atom is -0.282 e. The van der Waals surface area contributed by atoms with E-state index in [0.29, 0.717) is 22.3 Å². The highest BCUT2D eigenvalue weighted by atomic mass is 32.2. The van der Waals surface area contributed by atoms with Gasteiger partial charge in [0.05, 0.1) is 9.79 Å². The van der Waals surface area contributed by atoms with E-state index in [1.54, 1.807) is 24.3 Å². The standard InChI is InChI=1S/C20H19O6PS2/c1-12-6-8-14(28(21,22)23)10-17(12)16-4-3-5-19(27)20(16)18-11-15(29(24,25)26)9-7-13(18)2/h3-11H,27H2,1-2H3,(H,21,22,23)(H,24,25,26). The topological polar surface area (TPSA) is 109 Å². The van der Waals surface area contributed by atoms with Crippen molar-refractivity contribution in [3.8, 4) is 22.3 Å². The Morgan fingerprint density at radius 2 is 1.17 bits per heavy atom. The Morgan fingerprint density at radius 1 is 0.690 bits per heavy atom. The van der Waals surface area contributed by atoms with Crippen molar-refractivity contribution in [2.24, 2.45) is 0 Å². The highest BCUT2D eigenvalue weighted by Gasteiger charge is 2.19. The fourth-order valence-corrected chi connectivity index (χ4v) is 4.61. The van der Waals surface area contributed by atoms with Gasteiger partial charge in [-0.25, -0.2) is 0 Å². The largest absolute Gasteiger partial charge is 0.294 e. The van der Waals surface area contributed by atoms with Crippen LogP contribution >= 0.6 is 9.24 Å². The summed E-state index contributed by atoms with van der Waals surface area (Å²) in [7, 11) is -6.20. The van der Waals surface area contributed by atoms with Crippen LogP contribution in [0.5, 0.6) is 0 Å². The van der Waals surface area contributed by atoms with Crippen molar-refractivity contribution in [1.29, 1.82) is 0 Å². The fourth-order valence-electron chi connectivity index (χ4n) is 3.18. The number of aryl methyl sites for hydroxylation is 2. The molecule has 0 amide bonds. The molecule has 6 nitrogen and oxygen atoms in total. The SMILES string of the molecule is Cc1ccc(S(=O)(=O)O)cc1-c1cccc(P)c1-c1cc(S(=O)(=O)O)ccc1C. The molecule has 9 heteroatoms. The van der Waals surface area contributed by atoms with Crippen LogP contribution in [0.15, 0.2) is 64.4 Å². The van der Waals surface area contributed by atoms with Gasteiger partial charge in [0.15, 0.2) is 0 Å². The smallest absolute Gasteiger partial charge is 0.282 e. The molecule has 29 heavy (non-hydrogen) atoms. The van der Waals surface area contributed by atoms with Gasteiger partial charge >= 0.3 is 0 Å². The fraction of sp³-hybridized carbons (Fsp3) is 0.100. The van der Waals surface area contributed by atoms with E-state index in [-0.39, 0.29) is 9.79 Å². The van der Waals surface area contributed by atoms with E-state index >= 15 is 0 Å². The van der Waals surface area contributed by atoms with E-state index in [4.69, 9.17) is 0 Å². The van der Waals surface area contributed by atoms with Crippen molar-refractivity contribution in [1.82, 2.24) is 0 Å². The monoisotopic (exact) mass is 450 g/mol. The van der Waals surface area contributed by atoms with Crippen LogP contribution in [0.3, 0.4) is 0 Å². The number of benzene rings is 3. The third kappa shape index (κ3) is 4.42. The van der Waals surface area contributed by atoms with Crippen molar-refractivity contribution in [2.45, 2.75) is 23.6 Å². The molecule has 3 aromatic rings. The molecule has 0 aromatic heterocycles. The molecule has 3 rings (SSSR count). The Hall–Kier alpha value is -2.09. The summed E-state index contributed by atoms with van der Waals surface area (Å²) in [5, 5.41) is 0.759. The highest BCUT2D eigenvalue weighted by Crippen LogP contribution is 2.37. The summed E-state index contributed by atoms with van der Waals surface area (Å²) in [6, 6.07) is 14.0. The van der Waals surface area contributed by atoms with Crippen LogP contribution in [0, 0.1) is 13.8 Å². The third-order valence-electron chi connectivity index (χ3n) is 4.67. The predicted molar refractivity (Wildman–Crippen MR) is 116 cm³/mol. The average Bonchev–Trinajstić information content (AvgIpc) is 2.61. The van der Waals surface area contributed by atoms with Gasteiger partial charge in [-0.2, -0.15) is 16.8 Å². The summed E-state index contributed by atoms with van der Waals surface area (Å²) in [5.41, 5.74) is 4.05. The average molecular weight is 450 g/mol. The molecule has 3 aromatic carbocycles. The van der Waals surface area contributed by atoms with Gasteiger partial charge in [0.2, 0.25) is 0 Å². The van der Waals surface area contributed by atoms with Crippen LogP contribution in [0.1, 0.15) is 11.1 Å². The molecule has 0 aliphatic rings. The molecular weight excluding hydrogens is 431 g/mol. The Balaban J connectivity index is 2.38. The van der Waals surface area contributed by atoms with E-state index in [0.717, 1.165) is 16.4 Å². The second kappa shape index (κ2) is 7.63. The van der Waals surface area contributed by atoms with Gasteiger partial charge in [-0.15, -0.1) is 9.24 Å². The molecule has 0 radical (unpaired) electrons. The summed E-state index contributed by atoms with van der Waals surface area (Å²) in [5.74, 6) is 0. The van der Waals surface area contributed by atoms with Gasteiger partial charge in [-0.3, -0.25) is 9.11 Å². The first-order valence-corrected chi connectivity index (χ1v) is 11.9. The second-order valence-electron chi connectivity index (χ2n) is 6.67. The minimum atomic E-state index is -4.39. The number of hydrogen-bond acceptors (Lipinski definition) is 4. The van der Waals surface area contributed by atoms with Crippen molar-refractivity contribution >= 4 is 34.8 Å². The van der Waals surface area contributed by atoms with Gasteiger partial charge < -0.3 is 0 Å². The summed E-state index contributed by atoms with van der Waals surface area (Å²) < 4.78 is 65.4. The van der Waals surface area contributed by atoms with Crippen LogP contribution in [0.2, 0.25) is 0 Å². The summed E-state index contributed by atoms with van der Waals surface area (Å²) in [4.78, 5) is -0.470. The van der Waals surface area contributed by atoms with Crippen molar-refractivity contribution in [3.05, 3.63) is 65.7 Å². The Bertz CT molecular complexity index is 1330. The lowest BCUT2D eigenvalue weighted by molar-refractivity contribution is 0.481. The Labute approximate surface area is 172 Å². The van der Waals surface area contributed by atoms with Crippen molar-refractivity contribution in [2.75, 3.05) is 0 Å². The van der Waals surface area contributed by atoms with Crippen LogP contribution < -0.4 is 5.30 Å². The molecule has 1 unspecified atom stereocenters. The molecule has 1 atom stereocenters. The predicted octanol–water partition coefficient (Wildman–Crippen LogP) is 3.63. The lowest BCUT2D eigenvalue weighted by Crippen LogP contribution is -2.05. The maximum atomic E-state index is 11.6. The van der Waals surface area contributed by atoms with Crippen LogP contribution in [0.25, 0.3) is 22.3 Å². The van der Waals surface area contributed by atoms with E-state index in [2.05, 4.69) is 9.24 Å². The number of hydrogen-bond donors (Lipinski definition) is 2. The zero-order chi connectivity index (χ0) is 21.6. The molecule has 152 valence electrons. The zero-order valence-electron chi connectivity index (χ0n) is 15.6. The van der Waals surface area contributed by atoms with E-state index in [1.807, 2.05) is 19.9 Å². The number of rotatable bonds is 4. The normalized spacial score (nSPS) is 12.2. The summed E-state index contributed by atoms with van der Waals surface area (Å²) >= 11 is 0. The molecule has 0 saturated heterocycles. The van der Waals surface area contributed by atoms with Gasteiger partial charge in [0.1, 0.15) is 0 Å². The lowest BCUT2D eigenvalue weighted by atomic mass is 9.90. The van der Waals surface area contributed by atoms with E-state index < -0.39 is 20.2 Å². The first-order valence-electron chi connectivity index (χ1n) is 8.45. The van der Waals surface area contributed by atoms with E-state index in [1.165, 1.54) is 24.3 Å². The van der Waals surface area contributed by atoms with Crippen molar-refractivity contribution in [3.63, 3.8) is 0 Å². The molecule has 0 spiro atoms. The van der Waals surface area contributed by atoms with Gasteiger partial charge in [0, 0.05) is 0 Å². The Morgan fingerprint density at radius 3 is 1.69 bits per heavy atom. The van der Waals surface area contributed by atoms with Crippen LogP contribution in [-0.4, -0.2) is 25.9 Å². The maximum Gasteiger partial charge on any atom is 0.294 e.